The number of nitrogens with zero attached hydrogens (tertiary/aromatic N) is 2. The van der Waals surface area contributed by atoms with Crippen LogP contribution in [0.5, 0.6) is 5.75 Å². The summed E-state index contributed by atoms with van der Waals surface area (Å²) >= 11 is 0. The van der Waals surface area contributed by atoms with Gasteiger partial charge in [-0.15, -0.1) is 0 Å². The van der Waals surface area contributed by atoms with E-state index in [1.807, 2.05) is 59.2 Å². The highest BCUT2D eigenvalue weighted by Crippen LogP contribution is 2.48. The van der Waals surface area contributed by atoms with Crippen molar-refractivity contribution in [2.45, 2.75) is 50.6 Å². The molecule has 0 radical (unpaired) electrons. The number of methoxy groups -OCH3 is 1. The largest absolute Gasteiger partial charge is 0.496 e. The fraction of sp³-hybridized carbons (Fsp3) is 0.361. The van der Waals surface area contributed by atoms with Gasteiger partial charge in [0.25, 0.3) is 5.56 Å². The van der Waals surface area contributed by atoms with Gasteiger partial charge in [0.15, 0.2) is 0 Å². The minimum Gasteiger partial charge on any atom is -0.496 e. The Morgan fingerprint density at radius 1 is 1.04 bits per heavy atom. The number of carbonyl (C=O) groups is 2. The Bertz CT molecular complexity index is 1780. The maximum Gasteiger partial charge on any atom is 0.250 e. The van der Waals surface area contributed by atoms with Crippen LogP contribution in [0.4, 0.5) is 11.4 Å². The van der Waals surface area contributed by atoms with Gasteiger partial charge in [-0.25, -0.2) is 0 Å². The van der Waals surface area contributed by atoms with Crippen molar-refractivity contribution in [2.75, 3.05) is 30.4 Å². The Kier molecular flexibility index (Phi) is 7.69. The number of carbonyl (C=O) groups excluding carboxylic acids is 2. The molecule has 0 saturated carbocycles. The molecule has 45 heavy (non-hydrogen) atoms. The zero-order valence-corrected chi connectivity index (χ0v) is 25.6. The number of aromatic nitrogens is 1. The number of benzene rings is 2. The third-order valence-corrected chi connectivity index (χ3v) is 9.75. The number of fused-ring (bicyclic) bond motifs is 8. The number of amides is 2. The van der Waals surface area contributed by atoms with Gasteiger partial charge in [0.2, 0.25) is 11.8 Å². The number of hydrogen-bond acceptors (Lipinski definition) is 6. The summed E-state index contributed by atoms with van der Waals surface area (Å²) in [4.78, 5) is 41.4. The molecule has 2 aromatic heterocycles. The molecule has 3 aliphatic heterocycles. The minimum absolute atomic E-state index is 0.00680. The van der Waals surface area contributed by atoms with Crippen molar-refractivity contribution in [3.63, 3.8) is 0 Å². The van der Waals surface area contributed by atoms with Crippen LogP contribution in [0.25, 0.3) is 0 Å². The number of para-hydroxylation sites is 1. The molecule has 2 aromatic carbocycles. The summed E-state index contributed by atoms with van der Waals surface area (Å²) in [5.41, 5.74) is 4.92. The summed E-state index contributed by atoms with van der Waals surface area (Å²) in [7, 11) is 1.66. The number of anilines is 2. The molecule has 5 unspecified atom stereocenters. The van der Waals surface area contributed by atoms with Gasteiger partial charge >= 0.3 is 0 Å². The number of rotatable bonds is 8. The van der Waals surface area contributed by atoms with Crippen LogP contribution in [0.2, 0.25) is 0 Å². The molecule has 3 aliphatic rings. The quantitative estimate of drug-likeness (QED) is 0.295. The number of hydrogen-bond donors (Lipinski definition) is 2. The number of furan rings is 1. The van der Waals surface area contributed by atoms with Crippen LogP contribution in [-0.4, -0.2) is 42.6 Å². The molecule has 2 N–H and O–H groups in total. The minimum atomic E-state index is -0.341. The first kappa shape index (κ1) is 29.0. The van der Waals surface area contributed by atoms with Gasteiger partial charge in [-0.3, -0.25) is 14.4 Å². The summed E-state index contributed by atoms with van der Waals surface area (Å²) in [6, 6.07) is 23.2. The van der Waals surface area contributed by atoms with E-state index < -0.39 is 0 Å². The van der Waals surface area contributed by atoms with Crippen molar-refractivity contribution >= 4 is 23.2 Å². The van der Waals surface area contributed by atoms with Gasteiger partial charge in [0.1, 0.15) is 11.5 Å². The van der Waals surface area contributed by atoms with Crippen LogP contribution in [0.15, 0.2) is 88.3 Å². The van der Waals surface area contributed by atoms with Crippen molar-refractivity contribution in [3.8, 4) is 5.75 Å². The molecule has 2 amide bonds. The van der Waals surface area contributed by atoms with E-state index in [2.05, 4.69) is 27.7 Å². The smallest absolute Gasteiger partial charge is 0.250 e. The molecular formula is C36H38N4O5. The summed E-state index contributed by atoms with van der Waals surface area (Å²) in [6.45, 7) is 3.40. The van der Waals surface area contributed by atoms with Gasteiger partial charge in [-0.1, -0.05) is 24.3 Å². The topological polar surface area (TPSA) is 106 Å². The van der Waals surface area contributed by atoms with Crippen LogP contribution in [0, 0.1) is 11.8 Å². The van der Waals surface area contributed by atoms with Crippen molar-refractivity contribution in [2.24, 2.45) is 11.8 Å². The number of ether oxygens (including phenoxy) is 1. The molecule has 1 fully saturated rings. The van der Waals surface area contributed by atoms with Gasteiger partial charge in [0.05, 0.1) is 19.3 Å². The van der Waals surface area contributed by atoms with E-state index in [9.17, 15) is 14.4 Å². The average molecular weight is 607 g/mol. The standard InChI is InChI=1S/C36H38N4O5/c1-22(41)38-25-12-13-30-24(18-25)19-29(35-28-17-23(21-40(30)35)20-39-31(28)8-5-11-34(39)42)36(43)37-15-14-27(33-10-6-16-45-33)26-7-3-4-9-32(26)44-2/h3-13,16,18,23,27-29,35H,14-15,17,19-21H2,1-2H3,(H,37,43)(H,38,41). The third-order valence-electron chi connectivity index (χ3n) is 9.75. The maximum absolute atomic E-state index is 14.3. The predicted molar refractivity (Wildman–Crippen MR) is 172 cm³/mol. The molecule has 9 heteroatoms. The van der Waals surface area contributed by atoms with Crippen molar-refractivity contribution in [1.82, 2.24) is 9.88 Å². The molecular weight excluding hydrogens is 568 g/mol. The molecule has 9 nitrogen and oxygen atoms in total. The zero-order chi connectivity index (χ0) is 31.1. The molecule has 4 aromatic rings. The fourth-order valence-corrected chi connectivity index (χ4v) is 7.97. The lowest BCUT2D eigenvalue weighted by molar-refractivity contribution is -0.126. The second-order valence-corrected chi connectivity index (χ2v) is 12.5. The lowest BCUT2D eigenvalue weighted by Crippen LogP contribution is -2.60. The summed E-state index contributed by atoms with van der Waals surface area (Å²) in [5, 5.41) is 6.19. The normalized spacial score (nSPS) is 22.0. The highest BCUT2D eigenvalue weighted by atomic mass is 16.5. The van der Waals surface area contributed by atoms with Crippen LogP contribution in [-0.2, 0) is 22.6 Å². The SMILES string of the molecule is COc1ccccc1C(CCNC(=O)C1Cc2cc(NC(C)=O)ccc2N2CC3CC(c4cccc(=O)n4C3)C12)c1ccco1. The van der Waals surface area contributed by atoms with E-state index in [0.29, 0.717) is 31.8 Å². The molecule has 232 valence electrons. The predicted octanol–water partition coefficient (Wildman–Crippen LogP) is 4.91. The van der Waals surface area contributed by atoms with E-state index >= 15 is 0 Å². The van der Waals surface area contributed by atoms with Crippen LogP contribution in [0.3, 0.4) is 0 Å². The summed E-state index contributed by atoms with van der Waals surface area (Å²) in [6.07, 6.45) is 3.79. The second-order valence-electron chi connectivity index (χ2n) is 12.5. The monoisotopic (exact) mass is 606 g/mol. The van der Waals surface area contributed by atoms with E-state index in [4.69, 9.17) is 9.15 Å². The number of pyridine rings is 1. The van der Waals surface area contributed by atoms with E-state index in [0.717, 1.165) is 52.7 Å². The van der Waals surface area contributed by atoms with Crippen LogP contribution >= 0.6 is 0 Å². The molecule has 0 spiro atoms. The molecule has 7 rings (SSSR count). The van der Waals surface area contributed by atoms with Gasteiger partial charge in [-0.2, -0.15) is 0 Å². The first-order valence-corrected chi connectivity index (χ1v) is 15.7. The number of piperidine rings is 1. The third kappa shape index (κ3) is 5.41. The van der Waals surface area contributed by atoms with Gasteiger partial charge in [-0.05, 0) is 73.2 Å². The molecule has 5 heterocycles. The van der Waals surface area contributed by atoms with Gasteiger partial charge in [0, 0.05) is 73.1 Å². The van der Waals surface area contributed by atoms with Crippen LogP contribution < -0.4 is 25.8 Å². The Morgan fingerprint density at radius 2 is 1.91 bits per heavy atom. The van der Waals surface area contributed by atoms with Crippen molar-refractivity contribution in [3.05, 3.63) is 112 Å². The molecule has 5 atom stereocenters. The Labute approximate surface area is 262 Å². The lowest BCUT2D eigenvalue weighted by Gasteiger charge is -2.54. The molecule has 1 saturated heterocycles. The van der Waals surface area contributed by atoms with Gasteiger partial charge < -0.3 is 29.3 Å². The maximum atomic E-state index is 14.3. The van der Waals surface area contributed by atoms with E-state index in [1.54, 1.807) is 19.4 Å². The first-order valence-electron chi connectivity index (χ1n) is 15.7. The highest BCUT2D eigenvalue weighted by molar-refractivity contribution is 5.89. The molecule has 2 bridgehead atoms. The highest BCUT2D eigenvalue weighted by Gasteiger charge is 2.49. The van der Waals surface area contributed by atoms with Crippen LogP contribution in [0.1, 0.15) is 54.2 Å². The fourth-order valence-electron chi connectivity index (χ4n) is 7.97. The lowest BCUT2D eigenvalue weighted by atomic mass is 9.69. The Morgan fingerprint density at radius 3 is 2.71 bits per heavy atom. The Hall–Kier alpha value is -4.79. The first-order chi connectivity index (χ1) is 21.9. The van der Waals surface area contributed by atoms with E-state index in [-0.39, 0.29) is 41.2 Å². The molecule has 0 aliphatic carbocycles. The van der Waals surface area contributed by atoms with Crippen molar-refractivity contribution in [1.29, 1.82) is 0 Å². The average Bonchev–Trinajstić information content (AvgIpc) is 3.57. The van der Waals surface area contributed by atoms with Crippen molar-refractivity contribution < 1.29 is 18.7 Å². The summed E-state index contributed by atoms with van der Waals surface area (Å²) < 4.78 is 13.4. The van der Waals surface area contributed by atoms with E-state index in [1.165, 1.54) is 6.92 Å². The number of nitrogens with one attached hydrogen (secondary N) is 2. The second kappa shape index (κ2) is 12.0. The summed E-state index contributed by atoms with van der Waals surface area (Å²) in [5.74, 6) is 1.38. The Balaban J connectivity index is 1.19. The zero-order valence-electron chi connectivity index (χ0n) is 25.6.